The zero-order chi connectivity index (χ0) is 12.1. The van der Waals surface area contributed by atoms with Crippen molar-refractivity contribution in [3.63, 3.8) is 0 Å². The second kappa shape index (κ2) is 5.72. The zero-order valence-electron chi connectivity index (χ0n) is 8.42. The number of hydroxylamine groups is 1. The van der Waals surface area contributed by atoms with E-state index < -0.39 is 11.9 Å². The van der Waals surface area contributed by atoms with Gasteiger partial charge in [-0.25, -0.2) is 4.79 Å². The van der Waals surface area contributed by atoms with Gasteiger partial charge in [0.25, 0.3) is 5.91 Å². The minimum absolute atomic E-state index is 0.182. The number of benzene rings is 1. The van der Waals surface area contributed by atoms with Crippen LogP contribution in [0.5, 0.6) is 0 Å². The molecule has 1 N–H and O–H groups in total. The van der Waals surface area contributed by atoms with E-state index in [2.05, 4.69) is 4.84 Å². The first-order chi connectivity index (χ1) is 7.54. The first-order valence-corrected chi connectivity index (χ1v) is 5.25. The molecule has 86 valence electrons. The number of rotatable bonds is 2. The molecule has 6 heteroatoms. The molecule has 0 radical (unpaired) electrons. The SMILES string of the molecule is CCC(=O)ONC(=O)c1ccc(Cl)c(Cl)c1. The van der Waals surface area contributed by atoms with Crippen LogP contribution in [0, 0.1) is 0 Å². The highest BCUT2D eigenvalue weighted by Gasteiger charge is 2.09. The number of carbonyl (C=O) groups excluding carboxylic acids is 2. The van der Waals surface area contributed by atoms with E-state index in [1.165, 1.54) is 18.2 Å². The van der Waals surface area contributed by atoms with E-state index in [-0.39, 0.29) is 17.0 Å². The van der Waals surface area contributed by atoms with Crippen LogP contribution in [0.1, 0.15) is 23.7 Å². The molecule has 0 saturated carbocycles. The van der Waals surface area contributed by atoms with Crippen molar-refractivity contribution in [1.82, 2.24) is 5.48 Å². The summed E-state index contributed by atoms with van der Waals surface area (Å²) in [5.41, 5.74) is 2.27. The smallest absolute Gasteiger partial charge is 0.331 e. The van der Waals surface area contributed by atoms with Crippen molar-refractivity contribution in [2.24, 2.45) is 0 Å². The summed E-state index contributed by atoms with van der Waals surface area (Å²) in [4.78, 5) is 26.7. The van der Waals surface area contributed by atoms with E-state index in [0.717, 1.165) is 0 Å². The Labute approximate surface area is 102 Å². The highest BCUT2D eigenvalue weighted by molar-refractivity contribution is 6.42. The van der Waals surface area contributed by atoms with E-state index >= 15 is 0 Å². The first kappa shape index (κ1) is 12.8. The Bertz CT molecular complexity index is 421. The van der Waals surface area contributed by atoms with Crippen LogP contribution in [-0.4, -0.2) is 11.9 Å². The summed E-state index contributed by atoms with van der Waals surface area (Å²) in [5.74, 6) is -1.08. The molecule has 0 fully saturated rings. The van der Waals surface area contributed by atoms with Crippen LogP contribution in [0.3, 0.4) is 0 Å². The van der Waals surface area contributed by atoms with Gasteiger partial charge in [0.05, 0.1) is 10.0 Å². The van der Waals surface area contributed by atoms with Crippen LogP contribution >= 0.6 is 23.2 Å². The minimum atomic E-state index is -0.555. The molecule has 0 saturated heterocycles. The molecule has 4 nitrogen and oxygen atoms in total. The maximum absolute atomic E-state index is 11.4. The fraction of sp³-hybridized carbons (Fsp3) is 0.200. The van der Waals surface area contributed by atoms with Crippen LogP contribution < -0.4 is 5.48 Å². The van der Waals surface area contributed by atoms with Gasteiger partial charge in [0.2, 0.25) is 0 Å². The van der Waals surface area contributed by atoms with E-state index in [9.17, 15) is 9.59 Å². The normalized spacial score (nSPS) is 9.69. The highest BCUT2D eigenvalue weighted by atomic mass is 35.5. The number of hydrogen-bond donors (Lipinski definition) is 1. The monoisotopic (exact) mass is 261 g/mol. The second-order valence-electron chi connectivity index (χ2n) is 2.89. The maximum Gasteiger partial charge on any atom is 0.331 e. The molecule has 1 amide bonds. The fourth-order valence-corrected chi connectivity index (χ4v) is 1.17. The number of halogens is 2. The molecule has 0 spiro atoms. The molecule has 0 aliphatic rings. The van der Waals surface area contributed by atoms with Crippen molar-refractivity contribution in [3.05, 3.63) is 33.8 Å². The molecule has 16 heavy (non-hydrogen) atoms. The summed E-state index contributed by atoms with van der Waals surface area (Å²) >= 11 is 11.4. The molecule has 0 unspecified atom stereocenters. The summed E-state index contributed by atoms with van der Waals surface area (Å²) in [6, 6.07) is 4.35. The third-order valence-corrected chi connectivity index (χ3v) is 2.47. The van der Waals surface area contributed by atoms with E-state index in [1.807, 2.05) is 5.48 Å². The molecule has 0 atom stereocenters. The average Bonchev–Trinajstić information content (AvgIpc) is 2.29. The van der Waals surface area contributed by atoms with Crippen LogP contribution in [0.15, 0.2) is 18.2 Å². The number of amides is 1. The van der Waals surface area contributed by atoms with Crippen molar-refractivity contribution >= 4 is 35.1 Å². The van der Waals surface area contributed by atoms with Gasteiger partial charge in [-0.15, -0.1) is 0 Å². The number of hydrogen-bond acceptors (Lipinski definition) is 3. The van der Waals surface area contributed by atoms with Crippen LogP contribution in [0.25, 0.3) is 0 Å². The van der Waals surface area contributed by atoms with Crippen LogP contribution in [0.4, 0.5) is 0 Å². The largest absolute Gasteiger partial charge is 0.341 e. The Morgan fingerprint density at radius 3 is 2.56 bits per heavy atom. The van der Waals surface area contributed by atoms with Gasteiger partial charge in [-0.2, -0.15) is 5.48 Å². The van der Waals surface area contributed by atoms with Crippen LogP contribution in [-0.2, 0) is 9.63 Å². The number of nitrogens with one attached hydrogen (secondary N) is 1. The first-order valence-electron chi connectivity index (χ1n) is 4.49. The summed E-state index contributed by atoms with van der Waals surface area (Å²) in [6.45, 7) is 1.62. The van der Waals surface area contributed by atoms with Gasteiger partial charge in [-0.1, -0.05) is 30.1 Å². The van der Waals surface area contributed by atoms with Gasteiger partial charge in [0.1, 0.15) is 0 Å². The lowest BCUT2D eigenvalue weighted by atomic mass is 10.2. The van der Waals surface area contributed by atoms with Crippen molar-refractivity contribution in [3.8, 4) is 0 Å². The molecular formula is C10H9Cl2NO3. The molecule has 1 aromatic carbocycles. The standard InChI is InChI=1S/C10H9Cl2NO3/c1-2-9(14)16-13-10(15)6-3-4-7(11)8(12)5-6/h3-5H,2H2,1H3,(H,13,15). The van der Waals surface area contributed by atoms with Crippen molar-refractivity contribution in [2.75, 3.05) is 0 Å². The molecule has 1 rings (SSSR count). The van der Waals surface area contributed by atoms with Gasteiger partial charge in [0.15, 0.2) is 0 Å². The van der Waals surface area contributed by atoms with E-state index in [1.54, 1.807) is 6.92 Å². The Hall–Kier alpha value is -1.26. The third kappa shape index (κ3) is 3.40. The predicted octanol–water partition coefficient (Wildman–Crippen LogP) is 2.59. The van der Waals surface area contributed by atoms with Gasteiger partial charge < -0.3 is 4.84 Å². The topological polar surface area (TPSA) is 55.4 Å². The molecule has 0 aliphatic heterocycles. The van der Waals surface area contributed by atoms with Crippen LogP contribution in [0.2, 0.25) is 10.0 Å². The van der Waals surface area contributed by atoms with Crippen molar-refractivity contribution in [2.45, 2.75) is 13.3 Å². The fourth-order valence-electron chi connectivity index (χ4n) is 0.872. The molecule has 0 bridgehead atoms. The summed E-state index contributed by atoms with van der Waals surface area (Å²) in [5, 5.41) is 0.611. The number of carbonyl (C=O) groups is 2. The summed E-state index contributed by atoms with van der Waals surface area (Å²) in [7, 11) is 0. The lowest BCUT2D eigenvalue weighted by molar-refractivity contribution is -0.148. The van der Waals surface area contributed by atoms with Gasteiger partial charge in [-0.05, 0) is 18.2 Å². The Morgan fingerprint density at radius 1 is 1.31 bits per heavy atom. The second-order valence-corrected chi connectivity index (χ2v) is 3.70. The van der Waals surface area contributed by atoms with Crippen molar-refractivity contribution < 1.29 is 14.4 Å². The van der Waals surface area contributed by atoms with Gasteiger partial charge in [-0.3, -0.25) is 4.79 Å². The molecular weight excluding hydrogens is 253 g/mol. The van der Waals surface area contributed by atoms with Gasteiger partial charge in [0, 0.05) is 12.0 Å². The average molecular weight is 262 g/mol. The Balaban J connectivity index is 2.66. The lowest BCUT2D eigenvalue weighted by Gasteiger charge is -2.05. The summed E-state index contributed by atoms with van der Waals surface area (Å²) in [6.07, 6.45) is 0.182. The Kier molecular flexibility index (Phi) is 4.58. The van der Waals surface area contributed by atoms with Crippen molar-refractivity contribution in [1.29, 1.82) is 0 Å². The van der Waals surface area contributed by atoms with Gasteiger partial charge >= 0.3 is 5.97 Å². The van der Waals surface area contributed by atoms with E-state index in [0.29, 0.717) is 5.02 Å². The third-order valence-electron chi connectivity index (χ3n) is 1.73. The summed E-state index contributed by atoms with van der Waals surface area (Å²) < 4.78 is 0. The zero-order valence-corrected chi connectivity index (χ0v) is 9.93. The quantitative estimate of drug-likeness (QED) is 0.833. The predicted molar refractivity (Wildman–Crippen MR) is 60.3 cm³/mol. The molecule has 0 aliphatic carbocycles. The molecule has 0 heterocycles. The maximum atomic E-state index is 11.4. The highest BCUT2D eigenvalue weighted by Crippen LogP contribution is 2.22. The Morgan fingerprint density at radius 2 is 2.00 bits per heavy atom. The minimum Gasteiger partial charge on any atom is -0.341 e. The lowest BCUT2D eigenvalue weighted by Crippen LogP contribution is -2.26. The molecule has 1 aromatic rings. The molecule has 0 aromatic heterocycles. The van der Waals surface area contributed by atoms with E-state index in [4.69, 9.17) is 23.2 Å².